The predicted octanol–water partition coefficient (Wildman–Crippen LogP) is 4.05. The van der Waals surface area contributed by atoms with Crippen molar-refractivity contribution in [1.82, 2.24) is 4.98 Å². The topological polar surface area (TPSA) is 68.7 Å². The zero-order valence-electron chi connectivity index (χ0n) is 10.9. The summed E-state index contributed by atoms with van der Waals surface area (Å²) < 4.78 is 0.796. The molecule has 0 aliphatic rings. The van der Waals surface area contributed by atoms with E-state index in [2.05, 4.69) is 32.3 Å². The van der Waals surface area contributed by atoms with Crippen LogP contribution in [0.2, 0.25) is 0 Å². The quantitative estimate of drug-likeness (QED) is 0.739. The van der Waals surface area contributed by atoms with Crippen LogP contribution in [0.4, 0.5) is 5.69 Å². The van der Waals surface area contributed by atoms with Crippen LogP contribution in [0.3, 0.4) is 0 Å². The van der Waals surface area contributed by atoms with Crippen molar-refractivity contribution in [2.45, 2.75) is 0 Å². The number of aromatic amines is 1. The number of halogens is 1. The van der Waals surface area contributed by atoms with Crippen molar-refractivity contribution in [3.63, 3.8) is 0 Å². The molecule has 0 saturated heterocycles. The van der Waals surface area contributed by atoms with Crippen molar-refractivity contribution in [3.05, 3.63) is 64.3 Å². The molecule has 0 aliphatic heterocycles. The third-order valence-corrected chi connectivity index (χ3v) is 3.68. The van der Waals surface area contributed by atoms with Gasteiger partial charge < -0.3 is 10.3 Å². The second kappa shape index (κ2) is 5.43. The third-order valence-electron chi connectivity index (χ3n) is 3.18. The largest absolute Gasteiger partial charge is 0.360 e. The fourth-order valence-electron chi connectivity index (χ4n) is 2.17. The Morgan fingerprint density at radius 1 is 1.24 bits per heavy atom. The van der Waals surface area contributed by atoms with Crippen molar-refractivity contribution in [1.29, 1.82) is 5.26 Å². The van der Waals surface area contributed by atoms with Gasteiger partial charge in [-0.2, -0.15) is 5.26 Å². The summed E-state index contributed by atoms with van der Waals surface area (Å²) in [5, 5.41) is 12.8. The minimum Gasteiger partial charge on any atom is -0.360 e. The molecule has 2 aromatic carbocycles. The average Bonchev–Trinajstić information content (AvgIpc) is 2.93. The summed E-state index contributed by atoms with van der Waals surface area (Å²) in [6, 6.07) is 14.8. The smallest absolute Gasteiger partial charge is 0.257 e. The molecule has 0 bridgehead atoms. The standard InChI is InChI=1S/C16H10BrN3O/c17-11-5-6-14(10(7-11)8-18)20-16(21)13-9-19-15-4-2-1-3-12(13)15/h1-7,9,19H,(H,20,21). The number of anilines is 1. The number of nitriles is 1. The number of fused-ring (bicyclic) bond motifs is 1. The SMILES string of the molecule is N#Cc1cc(Br)ccc1NC(=O)c1c[nH]c2ccccc12. The van der Waals surface area contributed by atoms with Crippen LogP contribution >= 0.6 is 15.9 Å². The van der Waals surface area contributed by atoms with E-state index in [1.165, 1.54) is 0 Å². The molecular weight excluding hydrogens is 330 g/mol. The van der Waals surface area contributed by atoms with E-state index >= 15 is 0 Å². The molecule has 0 radical (unpaired) electrons. The lowest BCUT2D eigenvalue weighted by Gasteiger charge is -2.06. The highest BCUT2D eigenvalue weighted by Gasteiger charge is 2.13. The van der Waals surface area contributed by atoms with Crippen LogP contribution in [0.25, 0.3) is 10.9 Å². The maximum atomic E-state index is 12.4. The summed E-state index contributed by atoms with van der Waals surface area (Å²) in [4.78, 5) is 15.4. The molecular formula is C16H10BrN3O. The molecule has 0 unspecified atom stereocenters. The maximum absolute atomic E-state index is 12.4. The van der Waals surface area contributed by atoms with Gasteiger partial charge in [-0.1, -0.05) is 34.1 Å². The molecule has 21 heavy (non-hydrogen) atoms. The lowest BCUT2D eigenvalue weighted by molar-refractivity contribution is 0.102. The summed E-state index contributed by atoms with van der Waals surface area (Å²) in [5.74, 6) is -0.244. The van der Waals surface area contributed by atoms with Gasteiger partial charge in [0.05, 0.1) is 16.8 Å². The molecule has 0 spiro atoms. The number of H-pyrrole nitrogens is 1. The van der Waals surface area contributed by atoms with Gasteiger partial charge in [-0.25, -0.2) is 0 Å². The van der Waals surface area contributed by atoms with Gasteiger partial charge >= 0.3 is 0 Å². The molecule has 1 heterocycles. The second-order valence-electron chi connectivity index (χ2n) is 4.50. The summed E-state index contributed by atoms with van der Waals surface area (Å²) >= 11 is 3.31. The minimum atomic E-state index is -0.244. The van der Waals surface area contributed by atoms with Gasteiger partial charge in [0, 0.05) is 21.6 Å². The lowest BCUT2D eigenvalue weighted by atomic mass is 10.1. The van der Waals surface area contributed by atoms with Crippen molar-refractivity contribution >= 4 is 38.4 Å². The molecule has 0 fully saturated rings. The van der Waals surface area contributed by atoms with Gasteiger partial charge in [-0.3, -0.25) is 4.79 Å². The van der Waals surface area contributed by atoms with Crippen LogP contribution in [0.1, 0.15) is 15.9 Å². The van der Waals surface area contributed by atoms with Crippen LogP contribution in [0.5, 0.6) is 0 Å². The summed E-state index contributed by atoms with van der Waals surface area (Å²) in [6.45, 7) is 0. The molecule has 2 N–H and O–H groups in total. The van der Waals surface area contributed by atoms with Crippen LogP contribution in [-0.2, 0) is 0 Å². The number of benzene rings is 2. The van der Waals surface area contributed by atoms with E-state index in [1.807, 2.05) is 24.3 Å². The predicted molar refractivity (Wildman–Crippen MR) is 85.1 cm³/mol. The summed E-state index contributed by atoms with van der Waals surface area (Å²) in [5.41, 5.74) is 2.37. The van der Waals surface area contributed by atoms with Crippen molar-refractivity contribution in [3.8, 4) is 6.07 Å². The molecule has 1 amide bonds. The van der Waals surface area contributed by atoms with E-state index < -0.39 is 0 Å². The Balaban J connectivity index is 1.96. The number of amides is 1. The number of hydrogen-bond donors (Lipinski definition) is 2. The Bertz CT molecular complexity index is 877. The molecule has 0 atom stereocenters. The fourth-order valence-corrected chi connectivity index (χ4v) is 2.53. The van der Waals surface area contributed by atoms with Crippen molar-refractivity contribution < 1.29 is 4.79 Å². The highest BCUT2D eigenvalue weighted by atomic mass is 79.9. The van der Waals surface area contributed by atoms with Crippen molar-refractivity contribution in [2.75, 3.05) is 5.32 Å². The fraction of sp³-hybridized carbons (Fsp3) is 0. The number of nitrogens with one attached hydrogen (secondary N) is 2. The van der Waals surface area contributed by atoms with Crippen LogP contribution in [0.15, 0.2) is 53.1 Å². The Morgan fingerprint density at radius 3 is 2.86 bits per heavy atom. The molecule has 4 nitrogen and oxygen atoms in total. The number of aromatic nitrogens is 1. The molecule has 3 rings (SSSR count). The van der Waals surface area contributed by atoms with E-state index in [-0.39, 0.29) is 5.91 Å². The Labute approximate surface area is 129 Å². The van der Waals surface area contributed by atoms with Crippen LogP contribution in [0, 0.1) is 11.3 Å². The first-order chi connectivity index (χ1) is 10.2. The highest BCUT2D eigenvalue weighted by molar-refractivity contribution is 9.10. The van der Waals surface area contributed by atoms with E-state index in [0.29, 0.717) is 16.8 Å². The van der Waals surface area contributed by atoms with Gasteiger partial charge in [0.15, 0.2) is 0 Å². The number of nitrogens with zero attached hydrogens (tertiary/aromatic N) is 1. The molecule has 3 aromatic rings. The molecule has 0 aliphatic carbocycles. The summed E-state index contributed by atoms with van der Waals surface area (Å²) in [6.07, 6.45) is 1.67. The van der Waals surface area contributed by atoms with Gasteiger partial charge in [0.2, 0.25) is 0 Å². The summed E-state index contributed by atoms with van der Waals surface area (Å²) in [7, 11) is 0. The first kappa shape index (κ1) is 13.4. The normalized spacial score (nSPS) is 10.3. The van der Waals surface area contributed by atoms with Gasteiger partial charge in [0.25, 0.3) is 5.91 Å². The molecule has 0 saturated carbocycles. The number of rotatable bonds is 2. The lowest BCUT2D eigenvalue weighted by Crippen LogP contribution is -2.12. The van der Waals surface area contributed by atoms with Gasteiger partial charge in [0.1, 0.15) is 6.07 Å². The zero-order valence-corrected chi connectivity index (χ0v) is 12.4. The zero-order chi connectivity index (χ0) is 14.8. The monoisotopic (exact) mass is 339 g/mol. The van der Waals surface area contributed by atoms with Crippen LogP contribution in [-0.4, -0.2) is 10.9 Å². The van der Waals surface area contributed by atoms with E-state index in [0.717, 1.165) is 15.4 Å². The van der Waals surface area contributed by atoms with Gasteiger partial charge in [-0.05, 0) is 24.3 Å². The first-order valence-corrected chi connectivity index (χ1v) is 7.05. The molecule has 5 heteroatoms. The first-order valence-electron chi connectivity index (χ1n) is 6.26. The Morgan fingerprint density at radius 2 is 2.05 bits per heavy atom. The number of hydrogen-bond acceptors (Lipinski definition) is 2. The van der Waals surface area contributed by atoms with Gasteiger partial charge in [-0.15, -0.1) is 0 Å². The van der Waals surface area contributed by atoms with Crippen molar-refractivity contribution in [2.24, 2.45) is 0 Å². The molecule has 1 aromatic heterocycles. The van der Waals surface area contributed by atoms with Crippen LogP contribution < -0.4 is 5.32 Å². The molecule has 102 valence electrons. The Kier molecular flexibility index (Phi) is 3.46. The average molecular weight is 340 g/mol. The maximum Gasteiger partial charge on any atom is 0.257 e. The minimum absolute atomic E-state index is 0.244. The van der Waals surface area contributed by atoms with E-state index in [9.17, 15) is 4.79 Å². The van der Waals surface area contributed by atoms with E-state index in [1.54, 1.807) is 24.4 Å². The number of para-hydroxylation sites is 1. The Hall–Kier alpha value is -2.58. The second-order valence-corrected chi connectivity index (χ2v) is 5.42. The van der Waals surface area contributed by atoms with E-state index in [4.69, 9.17) is 5.26 Å². The number of carbonyl (C=O) groups is 1. The number of carbonyl (C=O) groups excluding carboxylic acids is 1. The third kappa shape index (κ3) is 2.54. The highest BCUT2D eigenvalue weighted by Crippen LogP contribution is 2.23.